The van der Waals surface area contributed by atoms with Gasteiger partial charge >= 0.3 is 6.85 Å². The lowest BCUT2D eigenvalue weighted by atomic mass is 9.43. The van der Waals surface area contributed by atoms with E-state index >= 15 is 0 Å². The Morgan fingerprint density at radius 2 is 0.948 bits per heavy atom. The Balaban J connectivity index is 1.10. The largest absolute Gasteiger partial charge is 0.454 e. The summed E-state index contributed by atoms with van der Waals surface area (Å²) in [6.07, 6.45) is 4.53. The third-order valence-electron chi connectivity index (χ3n) is 23.1. The first-order valence-corrected chi connectivity index (χ1v) is 35.6. The zero-order valence-electron chi connectivity index (χ0n) is 61.0. The first-order valence-electron chi connectivity index (χ1n) is 35.6. The summed E-state index contributed by atoms with van der Waals surface area (Å²) in [7, 11) is 0. The number of fused-ring (bicyclic) bond motifs is 10. The van der Waals surface area contributed by atoms with E-state index in [0.29, 0.717) is 0 Å². The van der Waals surface area contributed by atoms with Crippen LogP contribution in [-0.4, -0.2) is 6.85 Å². The van der Waals surface area contributed by atoms with Crippen LogP contribution in [0.25, 0.3) is 55.3 Å². The SMILES string of the molecule is Cc1cc(C)c(-c2cc3c4c(c2)N(c2ccc(C(C)(C)C)cc2-c2ccccc2)c2c(ccc5c2oc2cc6c(cc25)C(C)(C)CCC6(C)C)B4N(c2ccc4c(c2)C(C)(C)CCC4(C)C)c2ccc(N(c4ccc(C(C)(C)C)cc4)c4ccc(C(C)(C)C)cc4)cc2-3)c(C)c1. The fraction of sp³-hybridized carbons (Fsp3) is 0.341. The molecule has 0 saturated carbocycles. The molecule has 1 aromatic heterocycles. The lowest BCUT2D eigenvalue weighted by Crippen LogP contribution is -2.61. The normalized spacial score (nSPS) is 16.6. The van der Waals surface area contributed by atoms with E-state index in [4.69, 9.17) is 4.42 Å². The number of hydrogen-bond acceptors (Lipinski definition) is 4. The average Bonchev–Trinajstić information content (AvgIpc) is 1.04. The fourth-order valence-corrected chi connectivity index (χ4v) is 17.2. The molecule has 0 radical (unpaired) electrons. The number of anilines is 8. The van der Waals surface area contributed by atoms with Crippen LogP contribution in [0.2, 0.25) is 0 Å². The van der Waals surface area contributed by atoms with Crippen LogP contribution in [-0.2, 0) is 37.9 Å². The number of rotatable bonds is 7. The van der Waals surface area contributed by atoms with Crippen molar-refractivity contribution in [3.05, 3.63) is 238 Å². The van der Waals surface area contributed by atoms with Gasteiger partial charge in [-0.2, -0.15) is 0 Å². The lowest BCUT2D eigenvalue weighted by molar-refractivity contribution is 0.332. The number of nitrogens with zero attached hydrogens (tertiary/aromatic N) is 3. The molecule has 2 aliphatic heterocycles. The van der Waals surface area contributed by atoms with Crippen molar-refractivity contribution >= 4 is 85.2 Å². The quantitative estimate of drug-likeness (QED) is 0.148. The van der Waals surface area contributed by atoms with Gasteiger partial charge in [0, 0.05) is 56.0 Å². The van der Waals surface area contributed by atoms with Crippen LogP contribution >= 0.6 is 0 Å². The molecular weight excluding hydrogens is 1160 g/mol. The third-order valence-corrected chi connectivity index (χ3v) is 23.1. The standard InChI is InChI=1S/C91H98BN3O/c1-55-46-56(2)81(57(3)47-55)59-48-71-69-51-65(93(63-31-26-60(27-32-63)85(4,5)6)64-33-28-61(29-34-64)86(7,8)9)36-41-78(69)95(66-35-38-72-73(52-66)89(15,16)43-42-88(72,13)14)92-76-39-37-67-70-53-74-75(91(19,20)45-44-90(74,17)18)54-80(70)96-84(67)83(76)94(79(49-59)82(71)92)77-40-30-62(87(10,11)12)50-68(77)58-24-22-21-23-25-58/h21-41,46-54H,42-45H2,1-20H3. The summed E-state index contributed by atoms with van der Waals surface area (Å²) >= 11 is 0. The molecule has 0 saturated heterocycles. The topological polar surface area (TPSA) is 22.9 Å². The summed E-state index contributed by atoms with van der Waals surface area (Å²) < 4.78 is 7.82. The van der Waals surface area contributed by atoms with Gasteiger partial charge in [-0.05, 0) is 259 Å². The summed E-state index contributed by atoms with van der Waals surface area (Å²) in [6.45, 7) is 47.1. The van der Waals surface area contributed by atoms with E-state index in [1.165, 1.54) is 117 Å². The average molecular weight is 1260 g/mol. The highest BCUT2D eigenvalue weighted by atomic mass is 16.3. The molecule has 0 amide bonds. The maximum Gasteiger partial charge on any atom is 0.333 e. The lowest BCUT2D eigenvalue weighted by Gasteiger charge is -2.47. The van der Waals surface area contributed by atoms with Gasteiger partial charge in [-0.3, -0.25) is 0 Å². The van der Waals surface area contributed by atoms with Gasteiger partial charge in [-0.1, -0.05) is 214 Å². The van der Waals surface area contributed by atoms with Crippen LogP contribution in [0.3, 0.4) is 0 Å². The van der Waals surface area contributed by atoms with Crippen LogP contribution in [0.5, 0.6) is 0 Å². The molecule has 0 fully saturated rings. The molecule has 11 aromatic rings. The van der Waals surface area contributed by atoms with Crippen LogP contribution in [0.15, 0.2) is 186 Å². The zero-order chi connectivity index (χ0) is 67.9. The van der Waals surface area contributed by atoms with E-state index in [1.807, 2.05) is 0 Å². The highest BCUT2D eigenvalue weighted by Crippen LogP contribution is 2.57. The Labute approximate surface area is 573 Å². The number of benzene rings is 10. The molecule has 4 aliphatic rings. The Bertz CT molecular complexity index is 4890. The van der Waals surface area contributed by atoms with Gasteiger partial charge in [0.2, 0.25) is 0 Å². The van der Waals surface area contributed by atoms with E-state index in [0.717, 1.165) is 76.4 Å². The molecule has 10 aromatic carbocycles. The van der Waals surface area contributed by atoms with E-state index in [-0.39, 0.29) is 44.8 Å². The van der Waals surface area contributed by atoms with Crippen molar-refractivity contribution in [2.24, 2.45) is 0 Å². The van der Waals surface area contributed by atoms with E-state index in [9.17, 15) is 0 Å². The van der Waals surface area contributed by atoms with Gasteiger partial charge in [-0.15, -0.1) is 0 Å². The van der Waals surface area contributed by atoms with Crippen molar-refractivity contribution in [1.29, 1.82) is 0 Å². The van der Waals surface area contributed by atoms with Gasteiger partial charge < -0.3 is 19.0 Å². The summed E-state index contributed by atoms with van der Waals surface area (Å²) in [5.41, 5.74) is 34.0. The first kappa shape index (κ1) is 63.5. The van der Waals surface area contributed by atoms with Crippen LogP contribution < -0.4 is 25.5 Å². The second kappa shape index (κ2) is 21.7. The number of furan rings is 1. The van der Waals surface area contributed by atoms with E-state index < -0.39 is 0 Å². The zero-order valence-corrected chi connectivity index (χ0v) is 61.0. The summed E-state index contributed by atoms with van der Waals surface area (Å²) in [6, 6.07) is 71.9. The van der Waals surface area contributed by atoms with Gasteiger partial charge in [0.05, 0.1) is 11.4 Å². The Morgan fingerprint density at radius 1 is 0.417 bits per heavy atom. The molecule has 0 N–H and O–H groups in total. The first-order chi connectivity index (χ1) is 45.2. The molecule has 0 spiro atoms. The highest BCUT2D eigenvalue weighted by molar-refractivity contribution is 6.94. The van der Waals surface area contributed by atoms with Crippen molar-refractivity contribution in [1.82, 2.24) is 0 Å². The smallest absolute Gasteiger partial charge is 0.333 e. The highest BCUT2D eigenvalue weighted by Gasteiger charge is 2.49. The molecular formula is C91H98BN3O. The molecule has 96 heavy (non-hydrogen) atoms. The Kier molecular flexibility index (Phi) is 14.4. The minimum absolute atomic E-state index is 0.000156. The van der Waals surface area contributed by atoms with Crippen molar-refractivity contribution < 1.29 is 4.42 Å². The predicted molar refractivity (Wildman–Crippen MR) is 414 cm³/mol. The van der Waals surface area contributed by atoms with Crippen molar-refractivity contribution in [2.75, 3.05) is 14.6 Å². The molecule has 3 heterocycles. The van der Waals surface area contributed by atoms with Crippen LogP contribution in [0.4, 0.5) is 45.5 Å². The van der Waals surface area contributed by atoms with Crippen molar-refractivity contribution in [3.63, 3.8) is 0 Å². The van der Waals surface area contributed by atoms with E-state index in [1.54, 1.807) is 0 Å². The van der Waals surface area contributed by atoms with E-state index in [2.05, 4.69) is 335 Å². The molecule has 5 heteroatoms. The molecule has 0 unspecified atom stereocenters. The maximum atomic E-state index is 7.82. The number of aryl methyl sites for hydroxylation is 3. The molecule has 2 aliphatic carbocycles. The number of hydrogen-bond donors (Lipinski definition) is 0. The minimum atomic E-state index is -0.282. The van der Waals surface area contributed by atoms with Gasteiger partial charge in [-0.25, -0.2) is 0 Å². The second-order valence-electron chi connectivity index (χ2n) is 35.0. The molecule has 0 bridgehead atoms. The van der Waals surface area contributed by atoms with Gasteiger partial charge in [0.15, 0.2) is 5.58 Å². The van der Waals surface area contributed by atoms with Crippen LogP contribution in [0.1, 0.15) is 199 Å². The fourth-order valence-electron chi connectivity index (χ4n) is 17.2. The maximum absolute atomic E-state index is 7.82. The molecule has 15 rings (SSSR count). The summed E-state index contributed by atoms with van der Waals surface area (Å²) in [5.74, 6) is 0. The molecule has 0 atom stereocenters. The second-order valence-corrected chi connectivity index (χ2v) is 35.0. The van der Waals surface area contributed by atoms with Gasteiger partial charge in [0.1, 0.15) is 5.58 Å². The minimum Gasteiger partial charge on any atom is -0.454 e. The third kappa shape index (κ3) is 10.3. The Morgan fingerprint density at radius 3 is 1.53 bits per heavy atom. The Hall–Kier alpha value is -8.54. The summed E-state index contributed by atoms with van der Waals surface area (Å²) in [4.78, 5) is 7.92. The molecule has 486 valence electrons. The molecule has 4 nitrogen and oxygen atoms in total. The monoisotopic (exact) mass is 1260 g/mol. The van der Waals surface area contributed by atoms with Crippen LogP contribution in [0, 0.1) is 20.8 Å². The predicted octanol–water partition coefficient (Wildman–Crippen LogP) is 24.6. The summed E-state index contributed by atoms with van der Waals surface area (Å²) in [5, 5.41) is 2.32. The van der Waals surface area contributed by atoms with Gasteiger partial charge in [0.25, 0.3) is 0 Å². The van der Waals surface area contributed by atoms with Crippen molar-refractivity contribution in [2.45, 2.75) is 202 Å². The van der Waals surface area contributed by atoms with Crippen molar-refractivity contribution in [3.8, 4) is 33.4 Å².